The van der Waals surface area contributed by atoms with E-state index >= 15 is 0 Å². The molecular formula is C8H18ClNO3. The Bertz CT molecular complexity index is 172. The molecule has 0 aliphatic carbocycles. The minimum absolute atomic E-state index is 0. The molecule has 0 aromatic carbocycles. The Morgan fingerprint density at radius 1 is 1.62 bits per heavy atom. The van der Waals surface area contributed by atoms with Crippen LogP contribution >= 0.6 is 12.4 Å². The molecule has 0 aliphatic rings. The van der Waals surface area contributed by atoms with Crippen LogP contribution < -0.4 is 5.73 Å². The number of halogens is 1. The molecule has 0 rings (SSSR count). The van der Waals surface area contributed by atoms with Gasteiger partial charge in [0, 0.05) is 7.09 Å². The molecule has 0 saturated heterocycles. The summed E-state index contributed by atoms with van der Waals surface area (Å²) < 4.78 is 16.4. The monoisotopic (exact) mass is 212 g/mol. The fourth-order valence-corrected chi connectivity index (χ4v) is 0.572. The van der Waals surface area contributed by atoms with E-state index in [1.165, 1.54) is 0 Å². The lowest BCUT2D eigenvalue weighted by molar-refractivity contribution is -0.157. The van der Waals surface area contributed by atoms with Crippen molar-refractivity contribution in [1.29, 1.82) is 0 Å². The first kappa shape index (κ1) is 12.7. The minimum Gasteiger partial charge on any atom is -0.459 e. The lowest BCUT2D eigenvalue weighted by Crippen LogP contribution is -2.40. The summed E-state index contributed by atoms with van der Waals surface area (Å²) in [5, 5.41) is 0. The van der Waals surface area contributed by atoms with Crippen LogP contribution in [0.25, 0.3) is 0 Å². The van der Waals surface area contributed by atoms with Gasteiger partial charge in [0.2, 0.25) is 0 Å². The number of esters is 1. The SMILES string of the molecule is Cl.[2H]COC[C@H](N)C(=O)OC(C)(C)C. The highest BCUT2D eigenvalue weighted by atomic mass is 35.5. The largest absolute Gasteiger partial charge is 0.459 e. The third-order valence-corrected chi connectivity index (χ3v) is 1.01. The highest BCUT2D eigenvalue weighted by molar-refractivity contribution is 5.85. The predicted molar refractivity (Wildman–Crippen MR) is 52.9 cm³/mol. The molecule has 80 valence electrons. The second kappa shape index (κ2) is 6.18. The molecule has 0 fully saturated rings. The molecule has 0 unspecified atom stereocenters. The van der Waals surface area contributed by atoms with Gasteiger partial charge < -0.3 is 15.2 Å². The number of nitrogens with two attached hydrogens (primary N) is 1. The second-order valence-electron chi connectivity index (χ2n) is 3.51. The van der Waals surface area contributed by atoms with Crippen LogP contribution in [-0.4, -0.2) is 31.3 Å². The van der Waals surface area contributed by atoms with Crippen LogP contribution in [0.3, 0.4) is 0 Å². The van der Waals surface area contributed by atoms with Crippen LogP contribution in [0.5, 0.6) is 0 Å². The van der Waals surface area contributed by atoms with E-state index in [1.807, 2.05) is 0 Å². The van der Waals surface area contributed by atoms with E-state index in [9.17, 15) is 4.79 Å². The minimum atomic E-state index is -0.801. The first-order valence-electron chi connectivity index (χ1n) is 4.43. The maximum atomic E-state index is 11.2. The third-order valence-electron chi connectivity index (χ3n) is 1.01. The van der Waals surface area contributed by atoms with E-state index in [1.54, 1.807) is 20.8 Å². The first-order chi connectivity index (χ1) is 5.87. The summed E-state index contributed by atoms with van der Waals surface area (Å²) >= 11 is 0. The second-order valence-corrected chi connectivity index (χ2v) is 3.51. The number of hydrogen-bond acceptors (Lipinski definition) is 4. The molecule has 5 heteroatoms. The molecule has 0 aromatic heterocycles. The molecule has 4 nitrogen and oxygen atoms in total. The van der Waals surface area contributed by atoms with Gasteiger partial charge in [0.15, 0.2) is 0 Å². The standard InChI is InChI=1S/C8H17NO3.ClH/c1-8(2,3)12-7(10)6(9)5-11-4;/h6H,5,9H2,1-4H3;1H/t6-;/m0./s1/i4D;. The summed E-state index contributed by atoms with van der Waals surface area (Å²) in [4.78, 5) is 11.2. The molecule has 0 spiro atoms. The molecule has 2 N–H and O–H groups in total. The van der Waals surface area contributed by atoms with Crippen LogP contribution in [0, 0.1) is 0 Å². The Hall–Kier alpha value is -0.320. The molecule has 0 bridgehead atoms. The van der Waals surface area contributed by atoms with Crippen molar-refractivity contribution >= 4 is 18.4 Å². The van der Waals surface area contributed by atoms with Gasteiger partial charge in [-0.2, -0.15) is 0 Å². The van der Waals surface area contributed by atoms with E-state index in [0.29, 0.717) is 0 Å². The van der Waals surface area contributed by atoms with Crippen molar-refractivity contribution in [2.24, 2.45) is 5.73 Å². The fraction of sp³-hybridized carbons (Fsp3) is 0.875. The zero-order chi connectivity index (χ0) is 10.5. The first-order valence-corrected chi connectivity index (χ1v) is 3.72. The van der Waals surface area contributed by atoms with E-state index < -0.39 is 17.6 Å². The van der Waals surface area contributed by atoms with E-state index in [4.69, 9.17) is 11.8 Å². The normalized spacial score (nSPS) is 14.0. The highest BCUT2D eigenvalue weighted by Crippen LogP contribution is 2.07. The summed E-state index contributed by atoms with van der Waals surface area (Å²) in [7, 11) is -0.198. The van der Waals surface area contributed by atoms with Gasteiger partial charge in [-0.15, -0.1) is 12.4 Å². The zero-order valence-electron chi connectivity index (χ0n) is 9.20. The van der Waals surface area contributed by atoms with Gasteiger partial charge in [-0.25, -0.2) is 0 Å². The van der Waals surface area contributed by atoms with Gasteiger partial charge in [0.05, 0.1) is 7.98 Å². The zero-order valence-corrected chi connectivity index (χ0v) is 9.02. The molecule has 0 radical (unpaired) electrons. The van der Waals surface area contributed by atoms with Crippen LogP contribution in [0.4, 0.5) is 0 Å². The van der Waals surface area contributed by atoms with Gasteiger partial charge in [-0.05, 0) is 20.8 Å². The Labute approximate surface area is 86.6 Å². The fourth-order valence-electron chi connectivity index (χ4n) is 0.572. The molecule has 0 aromatic rings. The van der Waals surface area contributed by atoms with E-state index in [0.717, 1.165) is 0 Å². The summed E-state index contributed by atoms with van der Waals surface area (Å²) in [6, 6.07) is -0.801. The molecule has 0 heterocycles. The quantitative estimate of drug-likeness (QED) is 0.701. The van der Waals surface area contributed by atoms with Crippen LogP contribution in [0.1, 0.15) is 22.1 Å². The summed E-state index contributed by atoms with van der Waals surface area (Å²) in [5.74, 6) is -0.499. The predicted octanol–water partition coefficient (Wildman–Crippen LogP) is 0.724. The van der Waals surface area contributed by atoms with Crippen molar-refractivity contribution in [3.05, 3.63) is 0 Å². The molecule has 13 heavy (non-hydrogen) atoms. The number of ether oxygens (including phenoxy) is 2. The van der Waals surface area contributed by atoms with Crippen molar-refractivity contribution in [2.45, 2.75) is 32.4 Å². The Morgan fingerprint density at radius 2 is 2.15 bits per heavy atom. The number of methoxy groups -OCH3 is 1. The lowest BCUT2D eigenvalue weighted by atomic mass is 10.2. The van der Waals surface area contributed by atoms with Crippen LogP contribution in [0.2, 0.25) is 0 Å². The van der Waals surface area contributed by atoms with Crippen LogP contribution in [-0.2, 0) is 14.3 Å². The average molecular weight is 213 g/mol. The van der Waals surface area contributed by atoms with Crippen LogP contribution in [0.15, 0.2) is 0 Å². The van der Waals surface area contributed by atoms with Gasteiger partial charge in [0.25, 0.3) is 0 Å². The molecule has 0 saturated carbocycles. The maximum absolute atomic E-state index is 11.2. The van der Waals surface area contributed by atoms with Gasteiger partial charge >= 0.3 is 5.97 Å². The number of carbonyl (C=O) groups excluding carboxylic acids is 1. The lowest BCUT2D eigenvalue weighted by Gasteiger charge is -2.21. The van der Waals surface area contributed by atoms with Gasteiger partial charge in [-0.3, -0.25) is 4.79 Å². The molecule has 0 aliphatic heterocycles. The highest BCUT2D eigenvalue weighted by Gasteiger charge is 2.21. The number of rotatable bonds is 3. The van der Waals surface area contributed by atoms with Gasteiger partial charge in [-0.1, -0.05) is 0 Å². The van der Waals surface area contributed by atoms with Crippen molar-refractivity contribution in [3.63, 3.8) is 0 Å². The van der Waals surface area contributed by atoms with Crippen molar-refractivity contribution in [1.82, 2.24) is 0 Å². The summed E-state index contributed by atoms with van der Waals surface area (Å²) in [6.07, 6.45) is 0. The summed E-state index contributed by atoms with van der Waals surface area (Å²) in [6.45, 7) is 5.33. The van der Waals surface area contributed by atoms with Crippen molar-refractivity contribution in [2.75, 3.05) is 13.7 Å². The number of carbonyl (C=O) groups is 1. The Kier molecular flexibility index (Phi) is 6.03. The summed E-state index contributed by atoms with van der Waals surface area (Å²) in [5.41, 5.74) is 4.90. The molecule has 1 atom stereocenters. The topological polar surface area (TPSA) is 61.5 Å². The Morgan fingerprint density at radius 3 is 2.54 bits per heavy atom. The maximum Gasteiger partial charge on any atom is 0.325 e. The average Bonchev–Trinajstić information content (AvgIpc) is 1.96. The molecule has 0 amide bonds. The third kappa shape index (κ3) is 8.02. The Balaban J connectivity index is 0. The molecular weight excluding hydrogens is 194 g/mol. The van der Waals surface area contributed by atoms with E-state index in [-0.39, 0.29) is 26.1 Å². The number of hydrogen-bond donors (Lipinski definition) is 1. The smallest absolute Gasteiger partial charge is 0.325 e. The van der Waals surface area contributed by atoms with Crippen molar-refractivity contribution < 1.29 is 15.6 Å². The van der Waals surface area contributed by atoms with Crippen molar-refractivity contribution in [3.8, 4) is 0 Å². The van der Waals surface area contributed by atoms with E-state index in [2.05, 4.69) is 4.74 Å². The van der Waals surface area contributed by atoms with Gasteiger partial charge in [0.1, 0.15) is 11.6 Å².